The van der Waals surface area contributed by atoms with E-state index in [1.165, 1.54) is 0 Å². The van der Waals surface area contributed by atoms with Crippen molar-refractivity contribution in [3.8, 4) is 0 Å². The molecule has 3 aromatic rings. The fourth-order valence-electron chi connectivity index (χ4n) is 3.16. The standard InChI is InChI=1S/C20H19BrN4O4S/c21-14-5-7-15(8-6-14)22-18(26)13-30(27,28)20-23-17-4-2-1-3-16(17)19(24-20)25-9-11-29-12-10-25/h1-8H,9-13H2,(H,22,26). The summed E-state index contributed by atoms with van der Waals surface area (Å²) in [5.41, 5.74) is 1.02. The molecule has 156 valence electrons. The van der Waals surface area contributed by atoms with Crippen LogP contribution in [0.1, 0.15) is 0 Å². The lowest BCUT2D eigenvalue weighted by molar-refractivity contribution is -0.113. The Labute approximate surface area is 182 Å². The number of halogens is 1. The Kier molecular flexibility index (Phi) is 5.98. The number of nitrogens with one attached hydrogen (secondary N) is 1. The average Bonchev–Trinajstić information content (AvgIpc) is 2.75. The second-order valence-corrected chi connectivity index (χ2v) is 9.56. The number of hydrogen-bond acceptors (Lipinski definition) is 7. The zero-order valence-electron chi connectivity index (χ0n) is 15.9. The van der Waals surface area contributed by atoms with Gasteiger partial charge in [0.25, 0.3) is 0 Å². The number of carbonyl (C=O) groups is 1. The zero-order chi connectivity index (χ0) is 21.1. The molecule has 30 heavy (non-hydrogen) atoms. The molecular formula is C20H19BrN4O4S. The van der Waals surface area contributed by atoms with Gasteiger partial charge in [0.2, 0.25) is 20.9 Å². The number of fused-ring (bicyclic) bond motifs is 1. The summed E-state index contributed by atoms with van der Waals surface area (Å²) >= 11 is 3.31. The van der Waals surface area contributed by atoms with Gasteiger partial charge >= 0.3 is 0 Å². The van der Waals surface area contributed by atoms with Gasteiger partial charge in [0.15, 0.2) is 0 Å². The number of ether oxygens (including phenoxy) is 1. The number of morpholine rings is 1. The van der Waals surface area contributed by atoms with E-state index in [4.69, 9.17) is 4.74 Å². The zero-order valence-corrected chi connectivity index (χ0v) is 18.3. The Morgan fingerprint density at radius 1 is 1.07 bits per heavy atom. The van der Waals surface area contributed by atoms with Crippen molar-refractivity contribution in [2.45, 2.75) is 5.16 Å². The van der Waals surface area contributed by atoms with Gasteiger partial charge in [0.1, 0.15) is 11.6 Å². The van der Waals surface area contributed by atoms with E-state index in [2.05, 4.69) is 31.2 Å². The van der Waals surface area contributed by atoms with Crippen LogP contribution in [0.3, 0.4) is 0 Å². The van der Waals surface area contributed by atoms with Crippen LogP contribution in [0.5, 0.6) is 0 Å². The van der Waals surface area contributed by atoms with Crippen LogP contribution >= 0.6 is 15.9 Å². The van der Waals surface area contributed by atoms with Crippen molar-refractivity contribution in [2.75, 3.05) is 42.3 Å². The molecule has 1 aromatic heterocycles. The van der Waals surface area contributed by atoms with Gasteiger partial charge in [-0.3, -0.25) is 4.79 Å². The summed E-state index contributed by atoms with van der Waals surface area (Å²) < 4.78 is 32.1. The number of rotatable bonds is 5. The maximum absolute atomic E-state index is 12.9. The fraction of sp³-hybridized carbons (Fsp3) is 0.250. The summed E-state index contributed by atoms with van der Waals surface area (Å²) in [5, 5.41) is 3.00. The molecule has 1 aliphatic heterocycles. The van der Waals surface area contributed by atoms with Crippen LogP contribution in [0.4, 0.5) is 11.5 Å². The number of aromatic nitrogens is 2. The Morgan fingerprint density at radius 2 is 1.77 bits per heavy atom. The first kappa shape index (κ1) is 20.7. The molecule has 0 spiro atoms. The van der Waals surface area contributed by atoms with E-state index >= 15 is 0 Å². The van der Waals surface area contributed by atoms with E-state index in [0.717, 1.165) is 9.86 Å². The fourth-order valence-corrected chi connectivity index (χ4v) is 4.44. The molecule has 10 heteroatoms. The van der Waals surface area contributed by atoms with Crippen LogP contribution < -0.4 is 10.2 Å². The van der Waals surface area contributed by atoms with Crippen LogP contribution in [0.15, 0.2) is 58.2 Å². The summed E-state index contributed by atoms with van der Waals surface area (Å²) in [4.78, 5) is 22.9. The van der Waals surface area contributed by atoms with Gasteiger partial charge in [-0.2, -0.15) is 0 Å². The SMILES string of the molecule is O=C(CS(=O)(=O)c1nc(N2CCOCC2)c2ccccc2n1)Nc1ccc(Br)cc1. The Bertz CT molecular complexity index is 1180. The minimum Gasteiger partial charge on any atom is -0.378 e. The minimum absolute atomic E-state index is 0.353. The highest BCUT2D eigenvalue weighted by Gasteiger charge is 2.26. The molecule has 1 aliphatic rings. The molecule has 1 N–H and O–H groups in total. The Hall–Kier alpha value is -2.56. The molecular weight excluding hydrogens is 472 g/mol. The van der Waals surface area contributed by atoms with E-state index in [1.54, 1.807) is 36.4 Å². The predicted molar refractivity (Wildman–Crippen MR) is 117 cm³/mol. The lowest BCUT2D eigenvalue weighted by atomic mass is 10.2. The van der Waals surface area contributed by atoms with Crippen molar-refractivity contribution in [1.29, 1.82) is 0 Å². The van der Waals surface area contributed by atoms with Crippen molar-refractivity contribution in [3.63, 3.8) is 0 Å². The number of anilines is 2. The number of para-hydroxylation sites is 1. The van der Waals surface area contributed by atoms with Crippen molar-refractivity contribution in [2.24, 2.45) is 0 Å². The second-order valence-electron chi connectivity index (χ2n) is 6.76. The third-order valence-electron chi connectivity index (χ3n) is 4.60. The smallest absolute Gasteiger partial charge is 0.250 e. The number of benzene rings is 2. The second kappa shape index (κ2) is 8.66. The van der Waals surface area contributed by atoms with Crippen LogP contribution in [-0.4, -0.2) is 56.3 Å². The van der Waals surface area contributed by atoms with Crippen LogP contribution in [0.2, 0.25) is 0 Å². The molecule has 0 unspecified atom stereocenters. The molecule has 8 nitrogen and oxygen atoms in total. The van der Waals surface area contributed by atoms with Crippen molar-refractivity contribution in [3.05, 3.63) is 53.0 Å². The molecule has 0 saturated carbocycles. The van der Waals surface area contributed by atoms with Gasteiger partial charge in [-0.1, -0.05) is 28.1 Å². The molecule has 1 saturated heterocycles. The first-order chi connectivity index (χ1) is 14.4. The minimum atomic E-state index is -4.04. The molecule has 2 aromatic carbocycles. The number of sulfone groups is 1. The molecule has 2 heterocycles. The average molecular weight is 491 g/mol. The number of carbonyl (C=O) groups excluding carboxylic acids is 1. The maximum atomic E-state index is 12.9. The molecule has 0 aliphatic carbocycles. The highest BCUT2D eigenvalue weighted by atomic mass is 79.9. The molecule has 4 rings (SSSR count). The summed E-state index contributed by atoms with van der Waals surface area (Å²) in [6.45, 7) is 2.28. The van der Waals surface area contributed by atoms with Crippen LogP contribution in [0, 0.1) is 0 Å². The third kappa shape index (κ3) is 4.61. The van der Waals surface area contributed by atoms with Gasteiger partial charge < -0.3 is 15.0 Å². The maximum Gasteiger partial charge on any atom is 0.250 e. The molecule has 1 fully saturated rings. The lowest BCUT2D eigenvalue weighted by Gasteiger charge is -2.28. The monoisotopic (exact) mass is 490 g/mol. The van der Waals surface area contributed by atoms with Crippen LogP contribution in [0.25, 0.3) is 10.9 Å². The number of amides is 1. The third-order valence-corrected chi connectivity index (χ3v) is 6.51. The van der Waals surface area contributed by atoms with Gasteiger partial charge in [0, 0.05) is 28.6 Å². The largest absolute Gasteiger partial charge is 0.378 e. The first-order valence-corrected chi connectivity index (χ1v) is 11.7. The number of nitrogens with zero attached hydrogens (tertiary/aromatic N) is 3. The van der Waals surface area contributed by atoms with Crippen molar-refractivity contribution >= 4 is 54.1 Å². The Morgan fingerprint density at radius 3 is 2.50 bits per heavy atom. The predicted octanol–water partition coefficient (Wildman–Crippen LogP) is 2.64. The molecule has 1 amide bonds. The van der Waals surface area contributed by atoms with Gasteiger partial charge in [-0.15, -0.1) is 0 Å². The van der Waals surface area contributed by atoms with E-state index in [-0.39, 0.29) is 5.16 Å². The summed E-state index contributed by atoms with van der Waals surface area (Å²) in [6, 6.07) is 14.1. The lowest BCUT2D eigenvalue weighted by Crippen LogP contribution is -2.37. The molecule has 0 atom stereocenters. The van der Waals surface area contributed by atoms with Crippen LogP contribution in [-0.2, 0) is 19.4 Å². The summed E-state index contributed by atoms with van der Waals surface area (Å²) in [7, 11) is -4.04. The van der Waals surface area contributed by atoms with E-state index in [1.807, 2.05) is 17.0 Å². The molecule has 0 radical (unpaired) electrons. The van der Waals surface area contributed by atoms with E-state index < -0.39 is 21.5 Å². The van der Waals surface area contributed by atoms with E-state index in [0.29, 0.717) is 43.3 Å². The van der Waals surface area contributed by atoms with Crippen molar-refractivity contribution in [1.82, 2.24) is 9.97 Å². The summed E-state index contributed by atoms with van der Waals surface area (Å²) in [6.07, 6.45) is 0. The van der Waals surface area contributed by atoms with Gasteiger partial charge in [0.05, 0.1) is 18.7 Å². The van der Waals surface area contributed by atoms with E-state index in [9.17, 15) is 13.2 Å². The first-order valence-electron chi connectivity index (χ1n) is 9.30. The normalized spacial score (nSPS) is 14.6. The summed E-state index contributed by atoms with van der Waals surface area (Å²) in [5.74, 6) is -0.859. The molecule has 0 bridgehead atoms. The highest BCUT2D eigenvalue weighted by molar-refractivity contribution is 9.10. The Balaban J connectivity index is 1.63. The van der Waals surface area contributed by atoms with Gasteiger partial charge in [-0.25, -0.2) is 18.4 Å². The number of hydrogen-bond donors (Lipinski definition) is 1. The highest BCUT2D eigenvalue weighted by Crippen LogP contribution is 2.26. The quantitative estimate of drug-likeness (QED) is 0.548. The van der Waals surface area contributed by atoms with Crippen molar-refractivity contribution < 1.29 is 17.9 Å². The topological polar surface area (TPSA) is 101 Å². The van der Waals surface area contributed by atoms with Gasteiger partial charge in [-0.05, 0) is 36.4 Å².